The van der Waals surface area contributed by atoms with Crippen LogP contribution < -0.4 is 10.1 Å². The first-order chi connectivity index (χ1) is 8.09. The van der Waals surface area contributed by atoms with Crippen LogP contribution in [-0.4, -0.2) is 41.5 Å². The zero-order chi connectivity index (χ0) is 12.7. The highest BCUT2D eigenvalue weighted by atomic mass is 16.5. The SMILES string of the molecule is C[C@H](NCC(O)COc1ccccc1)C(=O)O. The molecule has 0 bridgehead atoms. The van der Waals surface area contributed by atoms with Crippen LogP contribution in [0.3, 0.4) is 0 Å². The lowest BCUT2D eigenvalue weighted by Gasteiger charge is -2.15. The number of hydrogen-bond acceptors (Lipinski definition) is 4. The number of carboxylic acids is 1. The summed E-state index contributed by atoms with van der Waals surface area (Å²) in [6.07, 6.45) is -0.739. The number of ether oxygens (including phenoxy) is 1. The van der Waals surface area contributed by atoms with Gasteiger partial charge in [0.1, 0.15) is 24.5 Å². The number of benzene rings is 1. The van der Waals surface area contributed by atoms with Gasteiger partial charge < -0.3 is 20.3 Å². The molecule has 0 spiro atoms. The minimum Gasteiger partial charge on any atom is -0.491 e. The molecule has 0 aromatic heterocycles. The van der Waals surface area contributed by atoms with Crippen LogP contribution in [0.2, 0.25) is 0 Å². The second-order valence-corrected chi connectivity index (χ2v) is 3.75. The summed E-state index contributed by atoms with van der Waals surface area (Å²) >= 11 is 0. The number of nitrogens with one attached hydrogen (secondary N) is 1. The van der Waals surface area contributed by atoms with Crippen molar-refractivity contribution in [1.29, 1.82) is 0 Å². The Bertz CT molecular complexity index is 342. The van der Waals surface area contributed by atoms with E-state index >= 15 is 0 Å². The van der Waals surface area contributed by atoms with E-state index in [-0.39, 0.29) is 13.2 Å². The van der Waals surface area contributed by atoms with Crippen molar-refractivity contribution in [3.63, 3.8) is 0 Å². The van der Waals surface area contributed by atoms with Crippen LogP contribution in [-0.2, 0) is 4.79 Å². The van der Waals surface area contributed by atoms with Gasteiger partial charge in [0.15, 0.2) is 0 Å². The van der Waals surface area contributed by atoms with Crippen molar-refractivity contribution in [2.45, 2.75) is 19.1 Å². The average molecular weight is 239 g/mol. The number of para-hydroxylation sites is 1. The maximum Gasteiger partial charge on any atom is 0.320 e. The number of rotatable bonds is 7. The van der Waals surface area contributed by atoms with Crippen LogP contribution >= 0.6 is 0 Å². The Morgan fingerprint density at radius 1 is 1.41 bits per heavy atom. The summed E-state index contributed by atoms with van der Waals surface area (Å²) in [6.45, 7) is 1.83. The normalized spacial score (nSPS) is 14.0. The molecule has 5 nitrogen and oxygen atoms in total. The maximum atomic E-state index is 10.5. The second-order valence-electron chi connectivity index (χ2n) is 3.75. The molecule has 0 amide bonds. The molecule has 1 aromatic carbocycles. The smallest absolute Gasteiger partial charge is 0.320 e. The van der Waals surface area contributed by atoms with E-state index in [9.17, 15) is 9.90 Å². The Morgan fingerprint density at radius 3 is 2.65 bits per heavy atom. The van der Waals surface area contributed by atoms with Crippen molar-refractivity contribution in [3.05, 3.63) is 30.3 Å². The number of aliphatic hydroxyl groups is 1. The van der Waals surface area contributed by atoms with Gasteiger partial charge in [-0.1, -0.05) is 18.2 Å². The summed E-state index contributed by atoms with van der Waals surface area (Å²) in [5.41, 5.74) is 0. The molecule has 0 saturated heterocycles. The van der Waals surface area contributed by atoms with E-state index in [4.69, 9.17) is 9.84 Å². The molecule has 2 atom stereocenters. The van der Waals surface area contributed by atoms with E-state index in [1.54, 1.807) is 12.1 Å². The van der Waals surface area contributed by atoms with Crippen molar-refractivity contribution in [3.8, 4) is 5.75 Å². The van der Waals surface area contributed by atoms with E-state index in [0.717, 1.165) is 0 Å². The Hall–Kier alpha value is -1.59. The third-order valence-corrected chi connectivity index (χ3v) is 2.22. The highest BCUT2D eigenvalue weighted by Crippen LogP contribution is 2.08. The third kappa shape index (κ3) is 5.33. The number of hydrogen-bond donors (Lipinski definition) is 3. The summed E-state index contributed by atoms with van der Waals surface area (Å²) < 4.78 is 5.32. The lowest BCUT2D eigenvalue weighted by molar-refractivity contribution is -0.139. The van der Waals surface area contributed by atoms with Crippen molar-refractivity contribution in [1.82, 2.24) is 5.32 Å². The molecule has 0 aliphatic heterocycles. The fraction of sp³-hybridized carbons (Fsp3) is 0.417. The van der Waals surface area contributed by atoms with Gasteiger partial charge in [-0.3, -0.25) is 4.79 Å². The fourth-order valence-corrected chi connectivity index (χ4v) is 1.17. The number of aliphatic hydroxyl groups excluding tert-OH is 1. The highest BCUT2D eigenvalue weighted by Gasteiger charge is 2.12. The lowest BCUT2D eigenvalue weighted by atomic mass is 10.3. The van der Waals surface area contributed by atoms with E-state index < -0.39 is 18.1 Å². The third-order valence-electron chi connectivity index (χ3n) is 2.22. The number of carboxylic acid groups (broad SMARTS) is 1. The molecule has 0 heterocycles. The molecular formula is C12H17NO4. The summed E-state index contributed by atoms with van der Waals surface area (Å²) in [5, 5.41) is 20.9. The van der Waals surface area contributed by atoms with Crippen LogP contribution in [0, 0.1) is 0 Å². The minimum atomic E-state index is -0.943. The summed E-state index contributed by atoms with van der Waals surface area (Å²) in [7, 11) is 0. The molecule has 1 unspecified atom stereocenters. The van der Waals surface area contributed by atoms with Crippen LogP contribution in [0.5, 0.6) is 5.75 Å². The van der Waals surface area contributed by atoms with Crippen molar-refractivity contribution < 1.29 is 19.7 Å². The molecule has 94 valence electrons. The van der Waals surface area contributed by atoms with E-state index in [1.807, 2.05) is 18.2 Å². The molecule has 0 aliphatic rings. The van der Waals surface area contributed by atoms with Crippen LogP contribution in [0.4, 0.5) is 0 Å². The second kappa shape index (κ2) is 6.88. The first kappa shape index (κ1) is 13.5. The van der Waals surface area contributed by atoms with Gasteiger partial charge in [-0.25, -0.2) is 0 Å². The van der Waals surface area contributed by atoms with Gasteiger partial charge in [-0.05, 0) is 19.1 Å². The van der Waals surface area contributed by atoms with Crippen molar-refractivity contribution in [2.24, 2.45) is 0 Å². The lowest BCUT2D eigenvalue weighted by Crippen LogP contribution is -2.40. The standard InChI is InChI=1S/C12H17NO4/c1-9(12(15)16)13-7-10(14)8-17-11-5-3-2-4-6-11/h2-6,9-10,13-14H,7-8H2,1H3,(H,15,16)/t9-,10?/m0/s1. The van der Waals surface area contributed by atoms with E-state index in [0.29, 0.717) is 5.75 Å². The average Bonchev–Trinajstić information content (AvgIpc) is 2.34. The Morgan fingerprint density at radius 2 is 2.06 bits per heavy atom. The fourth-order valence-electron chi connectivity index (χ4n) is 1.17. The molecule has 0 aliphatic carbocycles. The highest BCUT2D eigenvalue weighted by molar-refractivity contribution is 5.72. The Labute approximate surface area is 100 Å². The molecule has 0 saturated carbocycles. The molecule has 5 heteroatoms. The maximum absolute atomic E-state index is 10.5. The molecule has 0 radical (unpaired) electrons. The Kier molecular flexibility index (Phi) is 5.45. The van der Waals surface area contributed by atoms with E-state index in [1.165, 1.54) is 6.92 Å². The molecule has 1 aromatic rings. The van der Waals surface area contributed by atoms with Crippen LogP contribution in [0.25, 0.3) is 0 Å². The topological polar surface area (TPSA) is 78.8 Å². The monoisotopic (exact) mass is 239 g/mol. The largest absolute Gasteiger partial charge is 0.491 e. The van der Waals surface area contributed by atoms with Crippen molar-refractivity contribution >= 4 is 5.97 Å². The molecule has 0 fully saturated rings. The number of aliphatic carboxylic acids is 1. The quantitative estimate of drug-likeness (QED) is 0.645. The minimum absolute atomic E-state index is 0.128. The Balaban J connectivity index is 2.22. The summed E-state index contributed by atoms with van der Waals surface area (Å²) in [5.74, 6) is -0.265. The van der Waals surface area contributed by atoms with Gasteiger partial charge in [0.25, 0.3) is 0 Å². The molecule has 1 rings (SSSR count). The summed E-state index contributed by atoms with van der Waals surface area (Å²) in [4.78, 5) is 10.5. The number of carbonyl (C=O) groups is 1. The van der Waals surface area contributed by atoms with Gasteiger partial charge >= 0.3 is 5.97 Å². The van der Waals surface area contributed by atoms with Gasteiger partial charge in [-0.15, -0.1) is 0 Å². The van der Waals surface area contributed by atoms with Crippen molar-refractivity contribution in [2.75, 3.05) is 13.2 Å². The van der Waals surface area contributed by atoms with Gasteiger partial charge in [0, 0.05) is 6.54 Å². The van der Waals surface area contributed by atoms with Crippen LogP contribution in [0.15, 0.2) is 30.3 Å². The first-order valence-corrected chi connectivity index (χ1v) is 5.41. The zero-order valence-corrected chi connectivity index (χ0v) is 9.67. The van der Waals surface area contributed by atoms with Gasteiger partial charge in [-0.2, -0.15) is 0 Å². The zero-order valence-electron chi connectivity index (χ0n) is 9.67. The van der Waals surface area contributed by atoms with Gasteiger partial charge in [0.05, 0.1) is 0 Å². The molecule has 17 heavy (non-hydrogen) atoms. The summed E-state index contributed by atoms with van der Waals surface area (Å²) in [6, 6.07) is 8.46. The molecular weight excluding hydrogens is 222 g/mol. The van der Waals surface area contributed by atoms with E-state index in [2.05, 4.69) is 5.32 Å². The first-order valence-electron chi connectivity index (χ1n) is 5.41. The predicted molar refractivity (Wildman–Crippen MR) is 63.0 cm³/mol. The predicted octanol–water partition coefficient (Wildman–Crippen LogP) is 0.489. The van der Waals surface area contributed by atoms with Gasteiger partial charge in [0.2, 0.25) is 0 Å². The van der Waals surface area contributed by atoms with Crippen LogP contribution in [0.1, 0.15) is 6.92 Å². The molecule has 3 N–H and O–H groups in total.